The first kappa shape index (κ1) is 30.0. The molecule has 4 aliphatic carbocycles. The van der Waals surface area contributed by atoms with Crippen molar-refractivity contribution in [1.29, 1.82) is 0 Å². The average Bonchev–Trinajstić information content (AvgIpc) is 3.15. The molecule has 1 N–H and O–H groups in total. The molecule has 0 aromatic carbocycles. The van der Waals surface area contributed by atoms with Gasteiger partial charge in [-0.05, 0) is 91.3 Å². The first-order valence-corrected chi connectivity index (χ1v) is 16.3. The maximum absolute atomic E-state index is 13.6. The van der Waals surface area contributed by atoms with Gasteiger partial charge < -0.3 is 4.74 Å². The van der Waals surface area contributed by atoms with Crippen molar-refractivity contribution in [2.24, 2.45) is 46.3 Å². The highest BCUT2D eigenvalue weighted by Gasteiger charge is 2.59. The third kappa shape index (κ3) is 5.59. The number of hydrogen-bond acceptors (Lipinski definition) is 4. The van der Waals surface area contributed by atoms with Crippen molar-refractivity contribution in [3.8, 4) is 0 Å². The van der Waals surface area contributed by atoms with Gasteiger partial charge in [-0.2, -0.15) is 17.2 Å². The molecule has 0 amide bonds. The van der Waals surface area contributed by atoms with Gasteiger partial charge in [-0.3, -0.25) is 9.35 Å². The van der Waals surface area contributed by atoms with Gasteiger partial charge in [0.25, 0.3) is 0 Å². The Morgan fingerprint density at radius 2 is 1.82 bits per heavy atom. The molecule has 0 bridgehead atoms. The van der Waals surface area contributed by atoms with Crippen LogP contribution in [0.25, 0.3) is 0 Å². The number of carbonyl (C=O) groups is 1. The fourth-order valence-electron chi connectivity index (χ4n) is 9.24. The smallest absolute Gasteiger partial charge is 0.380 e. The van der Waals surface area contributed by atoms with Gasteiger partial charge in [0.2, 0.25) is 0 Å². The molecule has 0 heterocycles. The SMILES string of the molecule is CC(C)CCC[C@@H](C)[C@H]1CC[C@H]2[C@@H]3CC=C4CC(OC(=O)CC(F)(F)S(=O)(=O)O)CC[C@]4(C)[C@H]3CC[C@]12C. The predicted molar refractivity (Wildman–Crippen MR) is 144 cm³/mol. The molecule has 0 aliphatic heterocycles. The molecule has 3 saturated carbocycles. The summed E-state index contributed by atoms with van der Waals surface area (Å²) in [5, 5.41) is -4.54. The van der Waals surface area contributed by atoms with E-state index in [4.69, 9.17) is 9.29 Å². The Labute approximate surface area is 228 Å². The summed E-state index contributed by atoms with van der Waals surface area (Å²) in [5.41, 5.74) is 1.71. The van der Waals surface area contributed by atoms with Gasteiger partial charge in [0.05, 0.1) is 0 Å². The van der Waals surface area contributed by atoms with Crippen molar-refractivity contribution in [1.82, 2.24) is 0 Å². The highest BCUT2D eigenvalue weighted by Crippen LogP contribution is 2.67. The van der Waals surface area contributed by atoms with E-state index in [1.54, 1.807) is 0 Å². The molecule has 0 spiro atoms. The summed E-state index contributed by atoms with van der Waals surface area (Å²) in [7, 11) is -5.66. The number of hydrogen-bond donors (Lipinski definition) is 1. The summed E-state index contributed by atoms with van der Waals surface area (Å²) in [5.74, 6) is 3.05. The van der Waals surface area contributed by atoms with E-state index in [-0.39, 0.29) is 5.41 Å². The molecule has 4 aliphatic rings. The maximum Gasteiger partial charge on any atom is 0.380 e. The number of esters is 1. The quantitative estimate of drug-likeness (QED) is 0.177. The van der Waals surface area contributed by atoms with Crippen LogP contribution < -0.4 is 0 Å². The van der Waals surface area contributed by atoms with Crippen LogP contribution in [0.2, 0.25) is 0 Å². The first-order chi connectivity index (χ1) is 17.6. The van der Waals surface area contributed by atoms with Gasteiger partial charge >= 0.3 is 21.3 Å². The molecule has 0 aromatic heterocycles. The average molecular weight is 559 g/mol. The van der Waals surface area contributed by atoms with Gasteiger partial charge in [-0.25, -0.2) is 0 Å². The summed E-state index contributed by atoms with van der Waals surface area (Å²) in [6.07, 6.45) is 12.2. The largest absolute Gasteiger partial charge is 0.462 e. The molecule has 5 nitrogen and oxygen atoms in total. The number of rotatable bonds is 9. The second-order valence-corrected chi connectivity index (χ2v) is 15.5. The fourth-order valence-corrected chi connectivity index (χ4v) is 9.54. The summed E-state index contributed by atoms with van der Waals surface area (Å²) < 4.78 is 62.9. The molecule has 0 saturated heterocycles. The van der Waals surface area contributed by atoms with Crippen molar-refractivity contribution >= 4 is 16.1 Å². The van der Waals surface area contributed by atoms with E-state index < -0.39 is 33.9 Å². The van der Waals surface area contributed by atoms with Crippen LogP contribution in [0.3, 0.4) is 0 Å². The second kappa shape index (κ2) is 10.8. The van der Waals surface area contributed by atoms with Crippen molar-refractivity contribution in [2.45, 2.75) is 123 Å². The van der Waals surface area contributed by atoms with Crippen LogP contribution in [0.4, 0.5) is 8.78 Å². The number of allylic oxidation sites excluding steroid dienone is 1. The van der Waals surface area contributed by atoms with E-state index in [9.17, 15) is 22.0 Å². The lowest BCUT2D eigenvalue weighted by molar-refractivity contribution is -0.155. The van der Waals surface area contributed by atoms with Crippen LogP contribution in [-0.4, -0.2) is 30.3 Å². The summed E-state index contributed by atoms with van der Waals surface area (Å²) in [6, 6.07) is 0. The Hall–Kier alpha value is -1.02. The molecular formula is C30H48F2O5S. The third-order valence-corrected chi connectivity index (χ3v) is 12.2. The molecule has 0 radical (unpaired) electrons. The van der Waals surface area contributed by atoms with Gasteiger partial charge in [0.15, 0.2) is 0 Å². The monoisotopic (exact) mass is 558 g/mol. The van der Waals surface area contributed by atoms with Gasteiger partial charge in [0.1, 0.15) is 12.5 Å². The van der Waals surface area contributed by atoms with Crippen molar-refractivity contribution < 1.29 is 31.3 Å². The Balaban J connectivity index is 1.41. The highest BCUT2D eigenvalue weighted by atomic mass is 32.2. The Morgan fingerprint density at radius 3 is 2.47 bits per heavy atom. The lowest BCUT2D eigenvalue weighted by Crippen LogP contribution is -2.51. The normalized spacial score (nSPS) is 38.1. The molecule has 38 heavy (non-hydrogen) atoms. The Kier molecular flexibility index (Phi) is 8.48. The predicted octanol–water partition coefficient (Wildman–Crippen LogP) is 7.81. The second-order valence-electron chi connectivity index (χ2n) is 13.9. The van der Waals surface area contributed by atoms with E-state index in [0.717, 1.165) is 36.5 Å². The minimum Gasteiger partial charge on any atom is -0.462 e. The van der Waals surface area contributed by atoms with Crippen LogP contribution in [0, 0.1) is 46.3 Å². The van der Waals surface area contributed by atoms with Gasteiger partial charge in [-0.1, -0.05) is 65.5 Å². The van der Waals surface area contributed by atoms with E-state index >= 15 is 0 Å². The molecule has 8 heteroatoms. The first-order valence-electron chi connectivity index (χ1n) is 14.8. The Bertz CT molecular complexity index is 1020. The summed E-state index contributed by atoms with van der Waals surface area (Å²) in [4.78, 5) is 12.1. The maximum atomic E-state index is 13.6. The molecule has 218 valence electrons. The molecule has 0 aromatic rings. The minimum atomic E-state index is -5.66. The van der Waals surface area contributed by atoms with Gasteiger partial charge in [0, 0.05) is 6.42 Å². The van der Waals surface area contributed by atoms with Crippen LogP contribution in [0.1, 0.15) is 112 Å². The van der Waals surface area contributed by atoms with Crippen LogP contribution in [0.15, 0.2) is 11.6 Å². The molecule has 8 atom stereocenters. The number of fused-ring (bicyclic) bond motifs is 5. The molecule has 4 rings (SSSR count). The van der Waals surface area contributed by atoms with Crippen molar-refractivity contribution in [3.63, 3.8) is 0 Å². The zero-order valence-corrected chi connectivity index (χ0v) is 24.7. The lowest BCUT2D eigenvalue weighted by Gasteiger charge is -2.58. The topological polar surface area (TPSA) is 80.7 Å². The zero-order valence-electron chi connectivity index (χ0n) is 23.8. The number of ether oxygens (including phenoxy) is 1. The standard InChI is InChI=1S/C30H48F2O5S/c1-19(2)7-6-8-20(3)24-11-12-25-23-10-9-21-17-22(37-27(33)18-30(31,32)38(34,35)36)13-15-28(21,4)26(23)14-16-29(24,25)5/h9,19-20,22-26H,6-8,10-18H2,1-5H3,(H,34,35,36)/t20-,22?,23+,24-,25+,26+,28+,29-/m1/s1. The highest BCUT2D eigenvalue weighted by molar-refractivity contribution is 7.86. The van der Waals surface area contributed by atoms with Gasteiger partial charge in [-0.15, -0.1) is 0 Å². The molecule has 1 unspecified atom stereocenters. The fraction of sp³-hybridized carbons (Fsp3) is 0.900. The zero-order chi connectivity index (χ0) is 28.1. The van der Waals surface area contributed by atoms with Crippen molar-refractivity contribution in [3.05, 3.63) is 11.6 Å². The van der Waals surface area contributed by atoms with Crippen LogP contribution >= 0.6 is 0 Å². The van der Waals surface area contributed by atoms with Crippen LogP contribution in [-0.2, 0) is 19.6 Å². The Morgan fingerprint density at radius 1 is 1.11 bits per heavy atom. The van der Waals surface area contributed by atoms with Crippen molar-refractivity contribution in [2.75, 3.05) is 0 Å². The number of carbonyl (C=O) groups excluding carboxylic acids is 1. The van der Waals surface area contributed by atoms with E-state index in [0.29, 0.717) is 30.1 Å². The minimum absolute atomic E-state index is 0.0342. The van der Waals surface area contributed by atoms with Crippen LogP contribution in [0.5, 0.6) is 0 Å². The lowest BCUT2D eigenvalue weighted by atomic mass is 9.47. The number of halogens is 2. The number of alkyl halides is 2. The van der Waals surface area contributed by atoms with E-state index in [1.807, 2.05) is 0 Å². The van der Waals surface area contributed by atoms with E-state index in [1.165, 1.54) is 50.5 Å². The molecule has 3 fully saturated rings. The third-order valence-electron chi connectivity index (χ3n) is 11.3. The summed E-state index contributed by atoms with van der Waals surface area (Å²) in [6.45, 7) is 12.0. The van der Waals surface area contributed by atoms with E-state index in [2.05, 4.69) is 40.7 Å². The summed E-state index contributed by atoms with van der Waals surface area (Å²) >= 11 is 0. The molecular weight excluding hydrogens is 510 g/mol.